The molecule has 6 aromatic rings. The van der Waals surface area contributed by atoms with Crippen LogP contribution < -0.4 is 24.8 Å². The van der Waals surface area contributed by atoms with Crippen LogP contribution in [0.1, 0.15) is 108 Å². The van der Waals surface area contributed by atoms with E-state index in [1.807, 2.05) is 6.07 Å². The zero-order chi connectivity index (χ0) is 37.8. The Bertz CT molecular complexity index is 2010. The SMILES string of the molecule is CC(C)(C)c1cc2c([c-]c1-c1ccccc1)Cc1cc(-c3ccccc3)c(C(C)(C)C)cc1-2.C[C](=[Zr+2])c1ccccc1.Cc1cc(C(C)(C)C)c[cH-]1.[Cl-].[Cl-]. The number of aryl methyl sites for hydroxylation is 1. The summed E-state index contributed by atoms with van der Waals surface area (Å²) in [5, 5.41) is 0. The molecule has 6 aromatic carbocycles. The van der Waals surface area contributed by atoms with Crippen LogP contribution in [0.4, 0.5) is 0 Å². The standard InChI is InChI=1S/C33H33.C10H15.C8H8.2ClH.Zr/c1-32(2,3)30-20-26-24(18-28(30)22-13-9-7-10-14-22)17-25-19-29(23-15-11-8-12-16-23)31(21-27(25)26)33(4,5)6;1-8-5-6-9(7-8)10(2,3)4;1-2-8-6-4-3-5-7-8;;;/h7-16,18,20-21H,17H2,1-6H3;5-7H,1-4H3;3-7H,1H3;2*1H;/q2*-1;;;;+2/p-2. The summed E-state index contributed by atoms with van der Waals surface area (Å²) in [6, 6.07) is 49.9. The normalized spacial score (nSPS) is 11.7. The third-order valence-electron chi connectivity index (χ3n) is 9.80. The molecular weight excluding hydrogens is 775 g/mol. The van der Waals surface area contributed by atoms with E-state index in [2.05, 4.69) is 204 Å². The van der Waals surface area contributed by atoms with Crippen molar-refractivity contribution in [2.24, 2.45) is 0 Å². The molecule has 0 atom stereocenters. The first-order valence-electron chi connectivity index (χ1n) is 18.7. The molecule has 0 unspecified atom stereocenters. The maximum absolute atomic E-state index is 3.88. The molecule has 1 aliphatic carbocycles. The third-order valence-corrected chi connectivity index (χ3v) is 10.5. The molecule has 3 heteroatoms. The average molecular weight is 831 g/mol. The van der Waals surface area contributed by atoms with Gasteiger partial charge in [0.15, 0.2) is 0 Å². The van der Waals surface area contributed by atoms with Crippen molar-refractivity contribution in [3.8, 4) is 33.4 Å². The number of halogens is 2. The first-order chi connectivity index (χ1) is 24.4. The molecule has 0 fully saturated rings. The van der Waals surface area contributed by atoms with E-state index in [-0.39, 0.29) is 35.6 Å². The zero-order valence-corrected chi connectivity index (χ0v) is 38.1. The van der Waals surface area contributed by atoms with E-state index in [1.54, 1.807) is 0 Å². The molecule has 0 nitrogen and oxygen atoms in total. The predicted octanol–water partition coefficient (Wildman–Crippen LogP) is 7.78. The van der Waals surface area contributed by atoms with Crippen LogP contribution >= 0.6 is 0 Å². The molecule has 0 amide bonds. The van der Waals surface area contributed by atoms with Gasteiger partial charge in [0.2, 0.25) is 0 Å². The summed E-state index contributed by atoms with van der Waals surface area (Å²) in [5.41, 5.74) is 18.0. The van der Waals surface area contributed by atoms with Gasteiger partial charge >= 0.3 is 70.3 Å². The summed E-state index contributed by atoms with van der Waals surface area (Å²) >= 11 is 1.51. The molecule has 0 heterocycles. The van der Waals surface area contributed by atoms with Gasteiger partial charge in [0.25, 0.3) is 0 Å². The molecule has 0 N–H and O–H groups in total. The van der Waals surface area contributed by atoms with Gasteiger partial charge in [-0.2, -0.15) is 23.3 Å². The molecule has 0 radical (unpaired) electrons. The topological polar surface area (TPSA) is 0 Å². The number of fused-ring (bicyclic) bond motifs is 3. The van der Waals surface area contributed by atoms with Crippen LogP contribution in [-0.2, 0) is 46.9 Å². The van der Waals surface area contributed by atoms with Gasteiger partial charge in [-0.1, -0.05) is 164 Å². The molecule has 1 aliphatic rings. The van der Waals surface area contributed by atoms with Crippen molar-refractivity contribution in [1.82, 2.24) is 0 Å². The van der Waals surface area contributed by atoms with Crippen molar-refractivity contribution in [2.75, 3.05) is 0 Å². The van der Waals surface area contributed by atoms with E-state index in [4.69, 9.17) is 0 Å². The monoisotopic (exact) mass is 828 g/mol. The summed E-state index contributed by atoms with van der Waals surface area (Å²) in [5.74, 6) is 0. The second-order valence-corrected chi connectivity index (χ2v) is 19.2. The number of hydrogen-bond acceptors (Lipinski definition) is 0. The van der Waals surface area contributed by atoms with Crippen LogP contribution in [0, 0.1) is 13.0 Å². The van der Waals surface area contributed by atoms with Crippen LogP contribution in [0.25, 0.3) is 33.4 Å². The van der Waals surface area contributed by atoms with Gasteiger partial charge in [-0.3, -0.25) is 0 Å². The van der Waals surface area contributed by atoms with Gasteiger partial charge in [0, 0.05) is 0 Å². The van der Waals surface area contributed by atoms with Crippen molar-refractivity contribution in [3.63, 3.8) is 0 Å². The Labute approximate surface area is 354 Å². The van der Waals surface area contributed by atoms with E-state index in [0.717, 1.165) is 6.42 Å². The summed E-state index contributed by atoms with van der Waals surface area (Å²) in [6.07, 6.45) is 0.944. The van der Waals surface area contributed by atoms with Crippen LogP contribution in [0.15, 0.2) is 127 Å². The first-order valence-corrected chi connectivity index (χ1v) is 19.9. The Kier molecular flexibility index (Phi) is 15.6. The Morgan fingerprint density at radius 3 is 1.52 bits per heavy atom. The van der Waals surface area contributed by atoms with Gasteiger partial charge in [0.1, 0.15) is 0 Å². The summed E-state index contributed by atoms with van der Waals surface area (Å²) in [7, 11) is 0. The van der Waals surface area contributed by atoms with Crippen molar-refractivity contribution >= 4 is 3.21 Å². The van der Waals surface area contributed by atoms with E-state index in [0.29, 0.717) is 5.41 Å². The second-order valence-electron chi connectivity index (χ2n) is 17.3. The minimum atomic E-state index is 0. The molecule has 0 aromatic heterocycles. The second kappa shape index (κ2) is 18.6. The van der Waals surface area contributed by atoms with Gasteiger partial charge in [-0.05, 0) is 39.5 Å². The molecular formula is C51H56Cl2Zr-2. The summed E-state index contributed by atoms with van der Waals surface area (Å²) in [4.78, 5) is 0. The van der Waals surface area contributed by atoms with Crippen molar-refractivity contribution < 1.29 is 49.0 Å². The fourth-order valence-corrected chi connectivity index (χ4v) is 7.23. The third kappa shape index (κ3) is 11.2. The van der Waals surface area contributed by atoms with E-state index < -0.39 is 0 Å². The van der Waals surface area contributed by atoms with Crippen molar-refractivity contribution in [3.05, 3.63) is 172 Å². The number of rotatable bonds is 3. The van der Waals surface area contributed by atoms with Gasteiger partial charge < -0.3 is 24.8 Å². The van der Waals surface area contributed by atoms with Crippen LogP contribution in [0.5, 0.6) is 0 Å². The molecule has 0 saturated heterocycles. The van der Waals surface area contributed by atoms with E-state index in [1.165, 1.54) is 99.8 Å². The molecule has 0 spiro atoms. The van der Waals surface area contributed by atoms with Crippen LogP contribution in [-0.4, -0.2) is 3.21 Å². The Balaban J connectivity index is 0.000000306. The number of hydrogen-bond donors (Lipinski definition) is 0. The molecule has 54 heavy (non-hydrogen) atoms. The van der Waals surface area contributed by atoms with Crippen LogP contribution in [0.2, 0.25) is 0 Å². The van der Waals surface area contributed by atoms with E-state index >= 15 is 0 Å². The Morgan fingerprint density at radius 2 is 1.09 bits per heavy atom. The number of benzene rings is 5. The molecule has 0 saturated carbocycles. The van der Waals surface area contributed by atoms with Crippen molar-refractivity contribution in [2.45, 2.75) is 98.8 Å². The molecule has 280 valence electrons. The quantitative estimate of drug-likeness (QED) is 0.160. The summed E-state index contributed by atoms with van der Waals surface area (Å²) in [6.45, 7) is 24.9. The maximum atomic E-state index is 3.88. The molecule has 7 rings (SSSR count). The fraction of sp³-hybridized carbons (Fsp3) is 0.294. The predicted molar refractivity (Wildman–Crippen MR) is 223 cm³/mol. The average Bonchev–Trinajstić information content (AvgIpc) is 3.71. The Hall–Kier alpha value is -3.22. The fourth-order valence-electron chi connectivity index (χ4n) is 6.82. The van der Waals surface area contributed by atoms with Gasteiger partial charge in [0.05, 0.1) is 0 Å². The minimum Gasteiger partial charge on any atom is -1.00 e. The molecule has 0 bridgehead atoms. The van der Waals surface area contributed by atoms with Crippen molar-refractivity contribution in [1.29, 1.82) is 0 Å². The first kappa shape index (κ1) is 45.2. The largest absolute Gasteiger partial charge is 1.00 e. The maximum Gasteiger partial charge on any atom is -0.0635 e. The Morgan fingerprint density at radius 1 is 0.593 bits per heavy atom. The van der Waals surface area contributed by atoms with Gasteiger partial charge in [-0.15, -0.1) is 28.8 Å². The van der Waals surface area contributed by atoms with Crippen LogP contribution in [0.3, 0.4) is 0 Å². The van der Waals surface area contributed by atoms with Gasteiger partial charge in [-0.25, -0.2) is 6.07 Å². The zero-order valence-electron chi connectivity index (χ0n) is 34.1. The minimum absolute atomic E-state index is 0. The smallest absolute Gasteiger partial charge is 0.0635 e. The summed E-state index contributed by atoms with van der Waals surface area (Å²) < 4.78 is 1.46. The van der Waals surface area contributed by atoms with E-state index in [9.17, 15) is 0 Å². The molecule has 0 aliphatic heterocycles.